The second kappa shape index (κ2) is 8.51. The molecule has 2 heterocycles. The monoisotopic (exact) mass is 309 g/mol. The van der Waals surface area contributed by atoms with Crippen LogP contribution < -0.4 is 5.32 Å². The Morgan fingerprint density at radius 2 is 2.10 bits per heavy atom. The minimum atomic E-state index is 0.316. The SMILES string of the molecule is CC(C)NCCCC(=O)N1CCN(Cc2cccs2)CC1. The molecule has 1 aliphatic heterocycles. The third-order valence-corrected chi connectivity index (χ3v) is 4.67. The molecule has 0 radical (unpaired) electrons. The number of nitrogens with zero attached hydrogens (tertiary/aromatic N) is 2. The zero-order valence-electron chi connectivity index (χ0n) is 13.2. The predicted octanol–water partition coefficient (Wildman–Crippen LogP) is 2.17. The predicted molar refractivity (Wildman–Crippen MR) is 88.5 cm³/mol. The molecule has 1 N–H and O–H groups in total. The van der Waals surface area contributed by atoms with Gasteiger partial charge in [-0.3, -0.25) is 9.69 Å². The highest BCUT2D eigenvalue weighted by molar-refractivity contribution is 7.09. The van der Waals surface area contributed by atoms with E-state index in [4.69, 9.17) is 0 Å². The lowest BCUT2D eigenvalue weighted by molar-refractivity contribution is -0.133. The first-order valence-electron chi connectivity index (χ1n) is 7.91. The third kappa shape index (κ3) is 5.77. The van der Waals surface area contributed by atoms with Crippen LogP contribution in [0.15, 0.2) is 17.5 Å². The zero-order valence-corrected chi connectivity index (χ0v) is 14.0. The van der Waals surface area contributed by atoms with Gasteiger partial charge >= 0.3 is 0 Å². The first-order valence-corrected chi connectivity index (χ1v) is 8.79. The summed E-state index contributed by atoms with van der Waals surface area (Å²) in [7, 11) is 0. The summed E-state index contributed by atoms with van der Waals surface area (Å²) in [5.41, 5.74) is 0. The van der Waals surface area contributed by atoms with E-state index in [0.717, 1.165) is 45.7 Å². The summed E-state index contributed by atoms with van der Waals surface area (Å²) in [6.45, 7) is 9.97. The molecule has 1 aliphatic rings. The summed E-state index contributed by atoms with van der Waals surface area (Å²) < 4.78 is 0. The van der Waals surface area contributed by atoms with Crippen molar-refractivity contribution in [3.63, 3.8) is 0 Å². The van der Waals surface area contributed by atoms with E-state index in [0.29, 0.717) is 18.4 Å². The van der Waals surface area contributed by atoms with Gasteiger partial charge in [-0.15, -0.1) is 11.3 Å². The molecular weight excluding hydrogens is 282 g/mol. The van der Waals surface area contributed by atoms with Crippen LogP contribution in [0.1, 0.15) is 31.6 Å². The quantitative estimate of drug-likeness (QED) is 0.784. The summed E-state index contributed by atoms with van der Waals surface area (Å²) in [5, 5.41) is 5.48. The number of hydrogen-bond acceptors (Lipinski definition) is 4. The maximum atomic E-state index is 12.1. The van der Waals surface area contributed by atoms with E-state index in [-0.39, 0.29) is 0 Å². The van der Waals surface area contributed by atoms with E-state index in [2.05, 4.69) is 41.6 Å². The molecule has 5 heteroatoms. The van der Waals surface area contributed by atoms with Gasteiger partial charge in [-0.1, -0.05) is 19.9 Å². The van der Waals surface area contributed by atoms with Crippen LogP contribution in [0.2, 0.25) is 0 Å². The summed E-state index contributed by atoms with van der Waals surface area (Å²) in [5.74, 6) is 0.316. The Balaban J connectivity index is 1.62. The minimum absolute atomic E-state index is 0.316. The third-order valence-electron chi connectivity index (χ3n) is 3.80. The molecule has 1 aromatic heterocycles. The lowest BCUT2D eigenvalue weighted by Crippen LogP contribution is -2.48. The second-order valence-corrected chi connectivity index (χ2v) is 6.98. The molecule has 4 nitrogen and oxygen atoms in total. The molecule has 0 aromatic carbocycles. The van der Waals surface area contributed by atoms with Crippen LogP contribution >= 0.6 is 11.3 Å². The first-order chi connectivity index (χ1) is 10.1. The fraction of sp³-hybridized carbons (Fsp3) is 0.688. The van der Waals surface area contributed by atoms with E-state index in [1.165, 1.54) is 4.88 Å². The summed E-state index contributed by atoms with van der Waals surface area (Å²) in [4.78, 5) is 18.0. The van der Waals surface area contributed by atoms with E-state index >= 15 is 0 Å². The fourth-order valence-electron chi connectivity index (χ4n) is 2.57. The van der Waals surface area contributed by atoms with E-state index < -0.39 is 0 Å². The molecule has 1 fully saturated rings. The molecule has 0 saturated carbocycles. The minimum Gasteiger partial charge on any atom is -0.340 e. The number of amides is 1. The Bertz CT molecular complexity index is 411. The van der Waals surface area contributed by atoms with Gasteiger partial charge < -0.3 is 10.2 Å². The topological polar surface area (TPSA) is 35.6 Å². The molecule has 1 saturated heterocycles. The Morgan fingerprint density at radius 3 is 2.71 bits per heavy atom. The van der Waals surface area contributed by atoms with Gasteiger partial charge in [0.15, 0.2) is 0 Å². The van der Waals surface area contributed by atoms with E-state index in [1.54, 1.807) is 0 Å². The highest BCUT2D eigenvalue weighted by Gasteiger charge is 2.20. The van der Waals surface area contributed by atoms with Gasteiger partial charge in [0.1, 0.15) is 0 Å². The molecule has 118 valence electrons. The highest BCUT2D eigenvalue weighted by Crippen LogP contribution is 2.14. The molecule has 0 spiro atoms. The molecule has 1 amide bonds. The lowest BCUT2D eigenvalue weighted by atomic mass is 10.2. The lowest BCUT2D eigenvalue weighted by Gasteiger charge is -2.34. The van der Waals surface area contributed by atoms with Crippen LogP contribution in [0, 0.1) is 0 Å². The Kier molecular flexibility index (Phi) is 6.67. The Hall–Kier alpha value is -0.910. The van der Waals surface area contributed by atoms with E-state index in [9.17, 15) is 4.79 Å². The zero-order chi connectivity index (χ0) is 15.1. The van der Waals surface area contributed by atoms with Gasteiger partial charge in [0.05, 0.1) is 0 Å². The van der Waals surface area contributed by atoms with Gasteiger partial charge in [0.25, 0.3) is 0 Å². The first kappa shape index (κ1) is 16.5. The fourth-order valence-corrected chi connectivity index (χ4v) is 3.31. The van der Waals surface area contributed by atoms with Gasteiger partial charge in [-0.25, -0.2) is 0 Å². The smallest absolute Gasteiger partial charge is 0.222 e. The van der Waals surface area contributed by atoms with Crippen molar-refractivity contribution in [2.45, 2.75) is 39.3 Å². The van der Waals surface area contributed by atoms with Crippen LogP contribution in [0.4, 0.5) is 0 Å². The number of piperazine rings is 1. The van der Waals surface area contributed by atoms with Crippen molar-refractivity contribution < 1.29 is 4.79 Å². The number of thiophene rings is 1. The Labute approximate surface area is 132 Å². The second-order valence-electron chi connectivity index (χ2n) is 5.95. The van der Waals surface area contributed by atoms with Gasteiger partial charge in [-0.2, -0.15) is 0 Å². The molecule has 0 aliphatic carbocycles. The summed E-state index contributed by atoms with van der Waals surface area (Å²) in [6, 6.07) is 4.79. The van der Waals surface area contributed by atoms with Crippen LogP contribution in [-0.4, -0.2) is 54.5 Å². The molecule has 1 aromatic rings. The van der Waals surface area contributed by atoms with Crippen molar-refractivity contribution in [3.8, 4) is 0 Å². The van der Waals surface area contributed by atoms with Crippen molar-refractivity contribution in [2.24, 2.45) is 0 Å². The molecule has 0 bridgehead atoms. The molecule has 21 heavy (non-hydrogen) atoms. The van der Waals surface area contributed by atoms with Crippen molar-refractivity contribution in [2.75, 3.05) is 32.7 Å². The van der Waals surface area contributed by atoms with Crippen LogP contribution in [0.3, 0.4) is 0 Å². The highest BCUT2D eigenvalue weighted by atomic mass is 32.1. The van der Waals surface area contributed by atoms with Crippen molar-refractivity contribution >= 4 is 17.2 Å². The summed E-state index contributed by atoms with van der Waals surface area (Å²) >= 11 is 1.81. The van der Waals surface area contributed by atoms with Crippen LogP contribution in [-0.2, 0) is 11.3 Å². The average Bonchev–Trinajstić information content (AvgIpc) is 2.97. The van der Waals surface area contributed by atoms with Crippen LogP contribution in [0.25, 0.3) is 0 Å². The van der Waals surface area contributed by atoms with Gasteiger partial charge in [-0.05, 0) is 24.4 Å². The molecule has 2 rings (SSSR count). The Morgan fingerprint density at radius 1 is 1.33 bits per heavy atom. The number of nitrogens with one attached hydrogen (secondary N) is 1. The molecular formula is C16H27N3OS. The van der Waals surface area contributed by atoms with Gasteiger partial charge in [0, 0.05) is 50.1 Å². The normalized spacial score (nSPS) is 16.6. The standard InChI is InChI=1S/C16H27N3OS/c1-14(2)17-7-3-6-16(20)19-10-8-18(9-11-19)13-15-5-4-12-21-15/h4-5,12,14,17H,3,6-11,13H2,1-2H3. The maximum Gasteiger partial charge on any atom is 0.222 e. The maximum absolute atomic E-state index is 12.1. The average molecular weight is 309 g/mol. The molecule has 0 unspecified atom stereocenters. The van der Waals surface area contributed by atoms with E-state index in [1.807, 2.05) is 16.2 Å². The largest absolute Gasteiger partial charge is 0.340 e. The van der Waals surface area contributed by atoms with Crippen molar-refractivity contribution in [3.05, 3.63) is 22.4 Å². The van der Waals surface area contributed by atoms with Crippen molar-refractivity contribution in [1.29, 1.82) is 0 Å². The van der Waals surface area contributed by atoms with Crippen LogP contribution in [0.5, 0.6) is 0 Å². The molecule has 0 atom stereocenters. The summed E-state index contributed by atoms with van der Waals surface area (Å²) in [6.07, 6.45) is 1.61. The van der Waals surface area contributed by atoms with Gasteiger partial charge in [0.2, 0.25) is 5.91 Å². The number of carbonyl (C=O) groups is 1. The number of carbonyl (C=O) groups excluding carboxylic acids is 1. The van der Waals surface area contributed by atoms with Crippen molar-refractivity contribution in [1.82, 2.24) is 15.1 Å². The number of hydrogen-bond donors (Lipinski definition) is 1. The number of rotatable bonds is 7.